The summed E-state index contributed by atoms with van der Waals surface area (Å²) in [6, 6.07) is 11.1. The van der Waals surface area contributed by atoms with E-state index in [4.69, 9.17) is 4.74 Å². The number of hydrogen-bond acceptors (Lipinski definition) is 3. The average Bonchev–Trinajstić information content (AvgIpc) is 3.50. The first-order valence-corrected chi connectivity index (χ1v) is 10.7. The van der Waals surface area contributed by atoms with E-state index in [1.165, 1.54) is 50.9 Å². The fourth-order valence-corrected chi connectivity index (χ4v) is 4.64. The van der Waals surface area contributed by atoms with Crippen LogP contribution in [0.3, 0.4) is 0 Å². The molecule has 1 aromatic rings. The van der Waals surface area contributed by atoms with Gasteiger partial charge in [0.25, 0.3) is 0 Å². The van der Waals surface area contributed by atoms with Crippen LogP contribution in [0, 0.1) is 17.3 Å². The molecule has 0 aromatic heterocycles. The normalized spacial score (nSPS) is 30.8. The maximum absolute atomic E-state index is 5.97. The van der Waals surface area contributed by atoms with Crippen molar-refractivity contribution in [2.45, 2.75) is 51.7 Å². The van der Waals surface area contributed by atoms with Crippen molar-refractivity contribution in [3.8, 4) is 0 Å². The molecular weight excluding hydrogens is 332 g/mol. The van der Waals surface area contributed by atoms with Crippen LogP contribution in [-0.2, 0) is 11.3 Å². The van der Waals surface area contributed by atoms with E-state index >= 15 is 0 Å². The van der Waals surface area contributed by atoms with E-state index < -0.39 is 0 Å². The van der Waals surface area contributed by atoms with Crippen LogP contribution in [0.5, 0.6) is 0 Å². The lowest BCUT2D eigenvalue weighted by molar-refractivity contribution is 0.203. The lowest BCUT2D eigenvalue weighted by Crippen LogP contribution is -2.31. The molecule has 3 atom stereocenters. The Labute approximate surface area is 164 Å². The minimum atomic E-state index is 0.284. The third-order valence-corrected chi connectivity index (χ3v) is 6.68. The molecule has 2 aliphatic carbocycles. The summed E-state index contributed by atoms with van der Waals surface area (Å²) in [6.45, 7) is 6.67. The zero-order chi connectivity index (χ0) is 18.5. The predicted molar refractivity (Wildman–Crippen MR) is 111 cm³/mol. The Balaban J connectivity index is 1.18. The van der Waals surface area contributed by atoms with E-state index in [0.29, 0.717) is 12.6 Å². The van der Waals surface area contributed by atoms with Gasteiger partial charge in [0.2, 0.25) is 0 Å². The van der Waals surface area contributed by atoms with Crippen LogP contribution in [0.15, 0.2) is 54.3 Å². The molecule has 4 rings (SSSR count). The summed E-state index contributed by atoms with van der Waals surface area (Å²) in [7, 11) is 0. The van der Waals surface area contributed by atoms with E-state index in [1.807, 2.05) is 6.07 Å². The summed E-state index contributed by atoms with van der Waals surface area (Å²) >= 11 is 0. The van der Waals surface area contributed by atoms with Crippen LogP contribution < -0.4 is 10.6 Å². The maximum Gasteiger partial charge on any atom is 0.115 e. The molecule has 1 aliphatic heterocycles. The molecule has 146 valence electrons. The molecule has 1 saturated carbocycles. The highest BCUT2D eigenvalue weighted by Gasteiger charge is 2.48. The number of ether oxygens (including phenoxy) is 1. The van der Waals surface area contributed by atoms with E-state index in [9.17, 15) is 0 Å². The summed E-state index contributed by atoms with van der Waals surface area (Å²) in [5, 5.41) is 7.29. The number of piperidine rings is 1. The highest BCUT2D eigenvalue weighted by Crippen LogP contribution is 2.50. The molecule has 0 radical (unpaired) electrons. The van der Waals surface area contributed by atoms with Gasteiger partial charge in [-0.3, -0.25) is 0 Å². The quantitative estimate of drug-likeness (QED) is 0.714. The van der Waals surface area contributed by atoms with Crippen molar-refractivity contribution < 1.29 is 4.74 Å². The number of benzene rings is 1. The van der Waals surface area contributed by atoms with Gasteiger partial charge in [-0.15, -0.1) is 0 Å². The van der Waals surface area contributed by atoms with Gasteiger partial charge in [0.1, 0.15) is 12.4 Å². The van der Waals surface area contributed by atoms with E-state index in [0.717, 1.165) is 24.0 Å². The Morgan fingerprint density at radius 1 is 1.19 bits per heavy atom. The lowest BCUT2D eigenvalue weighted by atomic mass is 9.78. The Kier molecular flexibility index (Phi) is 5.99. The molecule has 1 unspecified atom stereocenters. The van der Waals surface area contributed by atoms with Crippen molar-refractivity contribution in [3.05, 3.63) is 59.9 Å². The van der Waals surface area contributed by atoms with E-state index in [1.54, 1.807) is 0 Å². The standard InChI is InChI=1S/C24H34N2O/c1-24(22-17-23(22)26-16-11-19-9-14-25-15-10-19)12-7-21(8-13-24)27-18-20-5-3-2-4-6-20/h2-8,12,19,22-23,25-26H,9-11,13-18H2,1H3/t22-,23-,24?/m0/s1. The van der Waals surface area contributed by atoms with Crippen molar-refractivity contribution in [1.29, 1.82) is 0 Å². The number of nitrogens with one attached hydrogen (secondary N) is 2. The van der Waals surface area contributed by atoms with Crippen LogP contribution in [0.4, 0.5) is 0 Å². The van der Waals surface area contributed by atoms with E-state index in [2.05, 4.69) is 60.1 Å². The first kappa shape index (κ1) is 18.8. The SMILES string of the molecule is CC1([C@H]2C[C@@H]2NCCC2CCNCC2)C=CC(OCc2ccccc2)=CC1. The van der Waals surface area contributed by atoms with E-state index in [-0.39, 0.29) is 5.41 Å². The first-order chi connectivity index (χ1) is 13.2. The minimum absolute atomic E-state index is 0.284. The maximum atomic E-state index is 5.97. The number of rotatable bonds is 8. The predicted octanol–water partition coefficient (Wildman–Crippen LogP) is 4.42. The van der Waals surface area contributed by atoms with Crippen LogP contribution in [0.2, 0.25) is 0 Å². The molecule has 3 heteroatoms. The molecule has 1 heterocycles. The average molecular weight is 367 g/mol. The molecule has 0 amide bonds. The van der Waals surface area contributed by atoms with Gasteiger partial charge in [0.05, 0.1) is 0 Å². The lowest BCUT2D eigenvalue weighted by Gasteiger charge is -2.29. The monoisotopic (exact) mass is 366 g/mol. The van der Waals surface area contributed by atoms with Crippen molar-refractivity contribution in [1.82, 2.24) is 10.6 Å². The van der Waals surface area contributed by atoms with Crippen molar-refractivity contribution >= 4 is 0 Å². The zero-order valence-corrected chi connectivity index (χ0v) is 16.6. The Hall–Kier alpha value is -1.58. The molecule has 2 fully saturated rings. The van der Waals surface area contributed by atoms with Gasteiger partial charge in [-0.25, -0.2) is 0 Å². The zero-order valence-electron chi connectivity index (χ0n) is 16.6. The van der Waals surface area contributed by atoms with Crippen molar-refractivity contribution in [3.63, 3.8) is 0 Å². The molecule has 2 N–H and O–H groups in total. The highest BCUT2D eigenvalue weighted by molar-refractivity contribution is 5.26. The topological polar surface area (TPSA) is 33.3 Å². The fraction of sp³-hybridized carbons (Fsp3) is 0.583. The molecule has 0 spiro atoms. The van der Waals surface area contributed by atoms with Crippen molar-refractivity contribution in [2.75, 3.05) is 19.6 Å². The van der Waals surface area contributed by atoms with Gasteiger partial charge in [-0.05, 0) is 86.7 Å². The van der Waals surface area contributed by atoms with Crippen LogP contribution in [0.1, 0.15) is 44.6 Å². The molecule has 0 bridgehead atoms. The fourth-order valence-electron chi connectivity index (χ4n) is 4.64. The summed E-state index contributed by atoms with van der Waals surface area (Å²) in [5.41, 5.74) is 1.51. The molecule has 3 nitrogen and oxygen atoms in total. The van der Waals surface area contributed by atoms with Gasteiger partial charge >= 0.3 is 0 Å². The summed E-state index contributed by atoms with van der Waals surface area (Å²) < 4.78 is 5.97. The molecule has 1 saturated heterocycles. The largest absolute Gasteiger partial charge is 0.489 e. The second kappa shape index (κ2) is 8.62. The summed E-state index contributed by atoms with van der Waals surface area (Å²) in [6.07, 6.45) is 13.3. The second-order valence-corrected chi connectivity index (χ2v) is 8.81. The summed E-state index contributed by atoms with van der Waals surface area (Å²) in [5.74, 6) is 2.72. The van der Waals surface area contributed by atoms with Gasteiger partial charge in [0.15, 0.2) is 0 Å². The molecular formula is C24H34N2O. The Morgan fingerprint density at radius 2 is 2.00 bits per heavy atom. The molecule has 27 heavy (non-hydrogen) atoms. The Morgan fingerprint density at radius 3 is 2.74 bits per heavy atom. The number of hydrogen-bond donors (Lipinski definition) is 2. The van der Waals surface area contributed by atoms with Gasteiger partial charge in [0, 0.05) is 6.04 Å². The highest BCUT2D eigenvalue weighted by atomic mass is 16.5. The third-order valence-electron chi connectivity index (χ3n) is 6.68. The van der Waals surface area contributed by atoms with Gasteiger partial charge in [-0.2, -0.15) is 0 Å². The van der Waals surface area contributed by atoms with Crippen LogP contribution in [0.25, 0.3) is 0 Å². The van der Waals surface area contributed by atoms with Crippen LogP contribution in [-0.4, -0.2) is 25.7 Å². The van der Waals surface area contributed by atoms with Crippen molar-refractivity contribution in [2.24, 2.45) is 17.3 Å². The second-order valence-electron chi connectivity index (χ2n) is 8.81. The third kappa shape index (κ3) is 5.03. The summed E-state index contributed by atoms with van der Waals surface area (Å²) in [4.78, 5) is 0. The smallest absolute Gasteiger partial charge is 0.115 e. The number of allylic oxidation sites excluding steroid dienone is 3. The van der Waals surface area contributed by atoms with Gasteiger partial charge < -0.3 is 15.4 Å². The minimum Gasteiger partial charge on any atom is -0.489 e. The first-order valence-electron chi connectivity index (χ1n) is 10.7. The van der Waals surface area contributed by atoms with Gasteiger partial charge in [-0.1, -0.05) is 43.3 Å². The molecule has 3 aliphatic rings. The molecule has 1 aromatic carbocycles. The Bertz CT molecular complexity index is 662. The van der Waals surface area contributed by atoms with Crippen LogP contribution >= 0.6 is 0 Å².